The van der Waals surface area contributed by atoms with E-state index in [0.29, 0.717) is 17.0 Å². The summed E-state index contributed by atoms with van der Waals surface area (Å²) in [6, 6.07) is 3.50. The topological polar surface area (TPSA) is 65.0 Å². The van der Waals surface area contributed by atoms with E-state index in [9.17, 15) is 9.59 Å². The van der Waals surface area contributed by atoms with Gasteiger partial charge in [0.2, 0.25) is 5.60 Å². The number of carbonyl (C=O) groups is 2. The fourth-order valence-electron chi connectivity index (χ4n) is 1.57. The SMILES string of the molecule is COC(=O)C1(C)CC(c2ccc(C=O)s2)=NO1. The first-order valence-corrected chi connectivity index (χ1v) is 5.79. The first kappa shape index (κ1) is 11.8. The summed E-state index contributed by atoms with van der Waals surface area (Å²) in [6.07, 6.45) is 1.13. The highest BCUT2D eigenvalue weighted by Crippen LogP contribution is 2.29. The van der Waals surface area contributed by atoms with Gasteiger partial charge >= 0.3 is 5.97 Å². The second kappa shape index (κ2) is 4.29. The zero-order chi connectivity index (χ0) is 12.5. The Morgan fingerprint density at radius 1 is 1.65 bits per heavy atom. The maximum atomic E-state index is 11.5. The average Bonchev–Trinajstić information content (AvgIpc) is 2.94. The molecule has 0 spiro atoms. The van der Waals surface area contributed by atoms with E-state index in [0.717, 1.165) is 11.2 Å². The fourth-order valence-corrected chi connectivity index (χ4v) is 2.37. The molecule has 2 heterocycles. The lowest BCUT2D eigenvalue weighted by atomic mass is 9.99. The highest BCUT2D eigenvalue weighted by molar-refractivity contribution is 7.15. The maximum Gasteiger partial charge on any atom is 0.353 e. The molecule has 0 saturated carbocycles. The number of hydrogen-bond acceptors (Lipinski definition) is 6. The highest BCUT2D eigenvalue weighted by Gasteiger charge is 2.43. The van der Waals surface area contributed by atoms with Crippen molar-refractivity contribution in [2.75, 3.05) is 7.11 Å². The number of aldehydes is 1. The van der Waals surface area contributed by atoms with Crippen molar-refractivity contribution in [3.63, 3.8) is 0 Å². The van der Waals surface area contributed by atoms with Gasteiger partial charge in [-0.2, -0.15) is 0 Å². The first-order chi connectivity index (χ1) is 8.09. The molecule has 0 amide bonds. The number of nitrogens with zero attached hydrogens (tertiary/aromatic N) is 1. The number of methoxy groups -OCH3 is 1. The zero-order valence-corrected chi connectivity index (χ0v) is 10.2. The Morgan fingerprint density at radius 3 is 3.00 bits per heavy atom. The van der Waals surface area contributed by atoms with Crippen molar-refractivity contribution < 1.29 is 19.2 Å². The van der Waals surface area contributed by atoms with Crippen LogP contribution in [0.25, 0.3) is 0 Å². The normalized spacial score (nSPS) is 22.8. The molecule has 0 bridgehead atoms. The van der Waals surface area contributed by atoms with E-state index in [4.69, 9.17) is 4.84 Å². The fraction of sp³-hybridized carbons (Fsp3) is 0.364. The second-order valence-electron chi connectivity index (χ2n) is 3.85. The molecule has 1 aromatic rings. The van der Waals surface area contributed by atoms with Crippen LogP contribution in [0.3, 0.4) is 0 Å². The summed E-state index contributed by atoms with van der Waals surface area (Å²) in [7, 11) is 1.31. The minimum Gasteiger partial charge on any atom is -0.466 e. The third-order valence-corrected chi connectivity index (χ3v) is 3.57. The molecule has 0 saturated heterocycles. The Kier molecular flexibility index (Phi) is 2.97. The van der Waals surface area contributed by atoms with E-state index >= 15 is 0 Å². The number of esters is 1. The molecule has 1 atom stereocenters. The quantitative estimate of drug-likeness (QED) is 0.606. The molecule has 1 aliphatic rings. The Morgan fingerprint density at radius 2 is 2.41 bits per heavy atom. The third-order valence-electron chi connectivity index (χ3n) is 2.51. The van der Waals surface area contributed by atoms with Crippen LogP contribution in [0.4, 0.5) is 0 Å². The van der Waals surface area contributed by atoms with Crippen molar-refractivity contribution in [2.24, 2.45) is 5.16 Å². The molecule has 1 aromatic heterocycles. The Labute approximate surface area is 102 Å². The molecule has 0 radical (unpaired) electrons. The molecule has 0 N–H and O–H groups in total. The predicted molar refractivity (Wildman–Crippen MR) is 62.4 cm³/mol. The Hall–Kier alpha value is -1.69. The van der Waals surface area contributed by atoms with Gasteiger partial charge in [0.1, 0.15) is 5.71 Å². The van der Waals surface area contributed by atoms with Crippen LogP contribution in [0, 0.1) is 0 Å². The molecule has 0 aliphatic carbocycles. The number of hydrogen-bond donors (Lipinski definition) is 0. The van der Waals surface area contributed by atoms with Crippen LogP contribution < -0.4 is 0 Å². The van der Waals surface area contributed by atoms with E-state index in [1.807, 2.05) is 0 Å². The van der Waals surface area contributed by atoms with Gasteiger partial charge in [0.15, 0.2) is 6.29 Å². The average molecular weight is 253 g/mol. The van der Waals surface area contributed by atoms with Gasteiger partial charge in [-0.05, 0) is 19.1 Å². The summed E-state index contributed by atoms with van der Waals surface area (Å²) in [6.45, 7) is 1.63. The molecule has 0 aromatic carbocycles. The number of thiophene rings is 1. The molecular weight excluding hydrogens is 242 g/mol. The molecule has 0 fully saturated rings. The molecule has 2 rings (SSSR count). The standard InChI is InChI=1S/C11H11NO4S/c1-11(10(14)15-2)5-8(12-16-11)9-4-3-7(6-13)17-9/h3-4,6H,5H2,1-2H3. The molecule has 6 heteroatoms. The zero-order valence-electron chi connectivity index (χ0n) is 9.43. The second-order valence-corrected chi connectivity index (χ2v) is 4.96. The van der Waals surface area contributed by atoms with E-state index in [1.165, 1.54) is 18.4 Å². The van der Waals surface area contributed by atoms with E-state index in [1.54, 1.807) is 19.1 Å². The largest absolute Gasteiger partial charge is 0.466 e. The summed E-state index contributed by atoms with van der Waals surface area (Å²) in [5, 5.41) is 3.89. The smallest absolute Gasteiger partial charge is 0.353 e. The summed E-state index contributed by atoms with van der Waals surface area (Å²) in [5.41, 5.74) is -0.397. The van der Waals surface area contributed by atoms with Gasteiger partial charge in [0, 0.05) is 6.42 Å². The minimum atomic E-state index is -1.06. The molecular formula is C11H11NO4S. The van der Waals surface area contributed by atoms with Gasteiger partial charge in [-0.3, -0.25) is 4.79 Å². The minimum absolute atomic E-state index is 0.346. The summed E-state index contributed by atoms with van der Waals surface area (Å²) >= 11 is 1.32. The van der Waals surface area contributed by atoms with Crippen LogP contribution >= 0.6 is 11.3 Å². The Balaban J connectivity index is 2.16. The van der Waals surface area contributed by atoms with Gasteiger partial charge in [0.25, 0.3) is 0 Å². The third kappa shape index (κ3) is 2.08. The monoisotopic (exact) mass is 253 g/mol. The number of oxime groups is 1. The van der Waals surface area contributed by atoms with Crippen molar-refractivity contribution in [1.82, 2.24) is 0 Å². The van der Waals surface area contributed by atoms with E-state index < -0.39 is 11.6 Å². The van der Waals surface area contributed by atoms with Crippen LogP contribution in [-0.4, -0.2) is 30.7 Å². The van der Waals surface area contributed by atoms with Crippen molar-refractivity contribution in [3.05, 3.63) is 21.9 Å². The van der Waals surface area contributed by atoms with Crippen LogP contribution in [0.5, 0.6) is 0 Å². The lowest BCUT2D eigenvalue weighted by Crippen LogP contribution is -2.36. The van der Waals surface area contributed by atoms with Gasteiger partial charge in [-0.25, -0.2) is 4.79 Å². The number of ether oxygens (including phenoxy) is 1. The van der Waals surface area contributed by atoms with Gasteiger partial charge < -0.3 is 9.57 Å². The van der Waals surface area contributed by atoms with Crippen molar-refractivity contribution in [3.8, 4) is 0 Å². The molecule has 5 nitrogen and oxygen atoms in total. The van der Waals surface area contributed by atoms with Crippen molar-refractivity contribution >= 4 is 29.3 Å². The summed E-state index contributed by atoms with van der Waals surface area (Å²) in [4.78, 5) is 28.7. The number of carbonyl (C=O) groups excluding carboxylic acids is 2. The van der Waals surface area contributed by atoms with E-state index in [-0.39, 0.29) is 0 Å². The maximum absolute atomic E-state index is 11.5. The van der Waals surface area contributed by atoms with Crippen LogP contribution in [0.2, 0.25) is 0 Å². The number of rotatable bonds is 3. The van der Waals surface area contributed by atoms with Gasteiger partial charge in [-0.15, -0.1) is 11.3 Å². The lowest BCUT2D eigenvalue weighted by molar-refractivity contribution is -0.164. The van der Waals surface area contributed by atoms with E-state index in [2.05, 4.69) is 9.89 Å². The Bertz CT molecular complexity index is 493. The lowest BCUT2D eigenvalue weighted by Gasteiger charge is -2.17. The van der Waals surface area contributed by atoms with Gasteiger partial charge in [-0.1, -0.05) is 5.16 Å². The summed E-state index contributed by atoms with van der Waals surface area (Å²) < 4.78 is 4.66. The molecule has 17 heavy (non-hydrogen) atoms. The van der Waals surface area contributed by atoms with Gasteiger partial charge in [0.05, 0.1) is 16.9 Å². The molecule has 1 unspecified atom stereocenters. The van der Waals surface area contributed by atoms with Crippen molar-refractivity contribution in [1.29, 1.82) is 0 Å². The van der Waals surface area contributed by atoms with Crippen LogP contribution in [0.15, 0.2) is 17.3 Å². The first-order valence-electron chi connectivity index (χ1n) is 4.98. The van der Waals surface area contributed by atoms with Crippen molar-refractivity contribution in [2.45, 2.75) is 18.9 Å². The highest BCUT2D eigenvalue weighted by atomic mass is 32.1. The molecule has 1 aliphatic heterocycles. The summed E-state index contributed by atoms with van der Waals surface area (Å²) in [5.74, 6) is -0.455. The molecule has 90 valence electrons. The van der Waals surface area contributed by atoms with Crippen LogP contribution in [0.1, 0.15) is 27.9 Å². The predicted octanol–water partition coefficient (Wildman–Crippen LogP) is 1.62. The van der Waals surface area contributed by atoms with Crippen LogP contribution in [-0.2, 0) is 14.4 Å².